The predicted octanol–water partition coefficient (Wildman–Crippen LogP) is 1.85. The Kier molecular flexibility index (Phi) is 5.05. The van der Waals surface area contributed by atoms with E-state index in [9.17, 15) is 24.1 Å². The lowest BCUT2D eigenvalue weighted by Crippen LogP contribution is -2.20. The fraction of sp³-hybridized carbons (Fsp3) is 0.0667. The molecular weight excluding hydrogens is 321 g/mol. The van der Waals surface area contributed by atoms with Gasteiger partial charge in [0.1, 0.15) is 5.75 Å². The molecule has 0 heterocycles. The number of rotatable bonds is 6. The first-order chi connectivity index (χ1) is 11.4. The number of hydrogen-bond acceptors (Lipinski definition) is 5. The summed E-state index contributed by atoms with van der Waals surface area (Å²) in [5.41, 5.74) is 5.14. The lowest BCUT2D eigenvalue weighted by atomic mass is 10.2. The van der Waals surface area contributed by atoms with Crippen molar-refractivity contribution in [3.8, 4) is 5.75 Å². The lowest BCUT2D eigenvalue weighted by molar-refractivity contribution is -0.387. The van der Waals surface area contributed by atoms with Crippen LogP contribution in [0.3, 0.4) is 0 Å². The van der Waals surface area contributed by atoms with Crippen molar-refractivity contribution in [2.75, 3.05) is 11.9 Å². The Labute approximate surface area is 135 Å². The molecule has 0 aromatic heterocycles. The van der Waals surface area contributed by atoms with E-state index in [4.69, 9.17) is 10.5 Å². The van der Waals surface area contributed by atoms with Gasteiger partial charge in [-0.1, -0.05) is 0 Å². The number of nitro benzene ring substituents is 1. The molecule has 24 heavy (non-hydrogen) atoms. The normalized spacial score (nSPS) is 10.0. The third kappa shape index (κ3) is 4.26. The largest absolute Gasteiger partial charge is 0.484 e. The minimum atomic E-state index is -1.06. The smallest absolute Gasteiger partial charge is 0.305 e. The molecule has 0 saturated heterocycles. The van der Waals surface area contributed by atoms with Gasteiger partial charge >= 0.3 is 5.69 Å². The van der Waals surface area contributed by atoms with Crippen molar-refractivity contribution in [1.82, 2.24) is 0 Å². The molecular formula is C15H12FN3O5. The summed E-state index contributed by atoms with van der Waals surface area (Å²) in [6.45, 7) is -0.422. The highest BCUT2D eigenvalue weighted by atomic mass is 19.1. The van der Waals surface area contributed by atoms with Crippen molar-refractivity contribution in [1.29, 1.82) is 0 Å². The molecule has 0 fully saturated rings. The minimum absolute atomic E-state index is 0.0164. The SMILES string of the molecule is NC(=O)c1ccc(NC(=O)COc2ccc([N+](=O)[O-])c(F)c2)cc1. The summed E-state index contributed by atoms with van der Waals surface area (Å²) >= 11 is 0. The molecule has 0 bridgehead atoms. The number of carbonyl (C=O) groups excluding carboxylic acids is 2. The number of anilines is 1. The van der Waals surface area contributed by atoms with E-state index >= 15 is 0 Å². The van der Waals surface area contributed by atoms with Crippen LogP contribution >= 0.6 is 0 Å². The van der Waals surface area contributed by atoms with Crippen LogP contribution in [0.2, 0.25) is 0 Å². The van der Waals surface area contributed by atoms with Crippen LogP contribution in [0.4, 0.5) is 15.8 Å². The Morgan fingerprint density at radius 2 is 1.88 bits per heavy atom. The number of ether oxygens (including phenoxy) is 1. The molecule has 8 nitrogen and oxygen atoms in total. The van der Waals surface area contributed by atoms with Gasteiger partial charge in [-0.05, 0) is 30.3 Å². The molecule has 2 rings (SSSR count). The van der Waals surface area contributed by atoms with E-state index in [2.05, 4.69) is 5.32 Å². The standard InChI is InChI=1S/C15H12FN3O5/c16-12-7-11(5-6-13(12)19(22)23)24-8-14(20)18-10-3-1-9(2-4-10)15(17)21/h1-7H,8H2,(H2,17,21)(H,18,20). The Morgan fingerprint density at radius 1 is 1.21 bits per heavy atom. The van der Waals surface area contributed by atoms with Gasteiger partial charge in [0.15, 0.2) is 6.61 Å². The van der Waals surface area contributed by atoms with E-state index in [1.165, 1.54) is 30.3 Å². The van der Waals surface area contributed by atoms with E-state index in [0.29, 0.717) is 11.3 Å². The van der Waals surface area contributed by atoms with E-state index in [1.54, 1.807) is 0 Å². The number of nitrogens with one attached hydrogen (secondary N) is 1. The first-order valence-corrected chi connectivity index (χ1v) is 6.63. The average molecular weight is 333 g/mol. The van der Waals surface area contributed by atoms with Crippen LogP contribution in [-0.4, -0.2) is 23.3 Å². The highest BCUT2D eigenvalue weighted by molar-refractivity contribution is 5.95. The Morgan fingerprint density at radius 3 is 2.42 bits per heavy atom. The number of hydrogen-bond donors (Lipinski definition) is 2. The number of nitrogens with two attached hydrogens (primary N) is 1. The number of benzene rings is 2. The maximum Gasteiger partial charge on any atom is 0.305 e. The van der Waals surface area contributed by atoms with Gasteiger partial charge in [-0.2, -0.15) is 4.39 Å². The summed E-state index contributed by atoms with van der Waals surface area (Å²) < 4.78 is 18.5. The molecule has 2 aromatic carbocycles. The van der Waals surface area contributed by atoms with Crippen LogP contribution in [-0.2, 0) is 4.79 Å². The molecule has 0 atom stereocenters. The lowest BCUT2D eigenvalue weighted by Gasteiger charge is -2.08. The molecule has 0 aliphatic heterocycles. The second-order valence-electron chi connectivity index (χ2n) is 4.65. The van der Waals surface area contributed by atoms with Gasteiger partial charge in [0, 0.05) is 23.4 Å². The van der Waals surface area contributed by atoms with Crippen LogP contribution in [0, 0.1) is 15.9 Å². The number of amides is 2. The zero-order chi connectivity index (χ0) is 17.7. The van der Waals surface area contributed by atoms with Gasteiger partial charge in [0.05, 0.1) is 4.92 Å². The molecule has 0 unspecified atom stereocenters. The number of halogens is 1. The molecule has 124 valence electrons. The maximum absolute atomic E-state index is 13.4. The van der Waals surface area contributed by atoms with Gasteiger partial charge in [-0.25, -0.2) is 0 Å². The van der Waals surface area contributed by atoms with Crippen molar-refractivity contribution in [3.63, 3.8) is 0 Å². The number of carbonyl (C=O) groups is 2. The number of nitrogens with zero attached hydrogens (tertiary/aromatic N) is 1. The fourth-order valence-electron chi connectivity index (χ4n) is 1.79. The molecule has 0 aliphatic carbocycles. The first kappa shape index (κ1) is 16.9. The van der Waals surface area contributed by atoms with Gasteiger partial charge < -0.3 is 15.8 Å². The topological polar surface area (TPSA) is 125 Å². The summed E-state index contributed by atoms with van der Waals surface area (Å²) in [7, 11) is 0. The molecule has 2 aromatic rings. The van der Waals surface area contributed by atoms with Gasteiger partial charge in [0.2, 0.25) is 11.7 Å². The van der Waals surface area contributed by atoms with Crippen molar-refractivity contribution in [2.45, 2.75) is 0 Å². The third-order valence-corrected chi connectivity index (χ3v) is 2.94. The van der Waals surface area contributed by atoms with Gasteiger partial charge in [-0.3, -0.25) is 19.7 Å². The molecule has 9 heteroatoms. The predicted molar refractivity (Wildman–Crippen MR) is 82.1 cm³/mol. The second-order valence-corrected chi connectivity index (χ2v) is 4.65. The molecule has 0 spiro atoms. The number of nitro groups is 1. The Hall–Kier alpha value is -3.49. The highest BCUT2D eigenvalue weighted by Gasteiger charge is 2.14. The van der Waals surface area contributed by atoms with Crippen LogP contribution in [0.1, 0.15) is 10.4 Å². The van der Waals surface area contributed by atoms with Gasteiger partial charge in [0.25, 0.3) is 5.91 Å². The quantitative estimate of drug-likeness (QED) is 0.616. The molecule has 3 N–H and O–H groups in total. The van der Waals surface area contributed by atoms with Crippen molar-refractivity contribution >= 4 is 23.2 Å². The zero-order valence-electron chi connectivity index (χ0n) is 12.2. The zero-order valence-corrected chi connectivity index (χ0v) is 12.2. The highest BCUT2D eigenvalue weighted by Crippen LogP contribution is 2.22. The summed E-state index contributed by atoms with van der Waals surface area (Å²) in [6, 6.07) is 8.84. The molecule has 2 amide bonds. The Bertz CT molecular complexity index is 792. The fourth-order valence-corrected chi connectivity index (χ4v) is 1.79. The van der Waals surface area contributed by atoms with Crippen LogP contribution < -0.4 is 15.8 Å². The first-order valence-electron chi connectivity index (χ1n) is 6.63. The van der Waals surface area contributed by atoms with Crippen molar-refractivity contribution in [2.24, 2.45) is 5.73 Å². The average Bonchev–Trinajstić information content (AvgIpc) is 2.53. The second kappa shape index (κ2) is 7.18. The van der Waals surface area contributed by atoms with Crippen molar-refractivity contribution in [3.05, 3.63) is 64.0 Å². The van der Waals surface area contributed by atoms with Crippen LogP contribution in [0.5, 0.6) is 5.75 Å². The van der Waals surface area contributed by atoms with E-state index < -0.39 is 34.8 Å². The number of primary amides is 1. The maximum atomic E-state index is 13.4. The summed E-state index contributed by atoms with van der Waals surface area (Å²) in [5, 5.41) is 13.0. The third-order valence-electron chi connectivity index (χ3n) is 2.94. The summed E-state index contributed by atoms with van der Waals surface area (Å²) in [4.78, 5) is 32.3. The summed E-state index contributed by atoms with van der Waals surface area (Å²) in [5.74, 6) is -2.19. The minimum Gasteiger partial charge on any atom is -0.484 e. The monoisotopic (exact) mass is 333 g/mol. The molecule has 0 saturated carbocycles. The molecule has 0 aliphatic rings. The summed E-state index contributed by atoms with van der Waals surface area (Å²) in [6.07, 6.45) is 0. The van der Waals surface area contributed by atoms with E-state index in [0.717, 1.165) is 12.1 Å². The van der Waals surface area contributed by atoms with Crippen molar-refractivity contribution < 1.29 is 23.6 Å². The van der Waals surface area contributed by atoms with E-state index in [-0.39, 0.29) is 5.75 Å². The molecule has 0 radical (unpaired) electrons. The van der Waals surface area contributed by atoms with Crippen LogP contribution in [0.15, 0.2) is 42.5 Å². The van der Waals surface area contributed by atoms with Crippen LogP contribution in [0.25, 0.3) is 0 Å². The Balaban J connectivity index is 1.92. The van der Waals surface area contributed by atoms with Gasteiger partial charge in [-0.15, -0.1) is 0 Å². The van der Waals surface area contributed by atoms with E-state index in [1.807, 2.05) is 0 Å².